The number of carbonyl (C=O) groups excluding carboxylic acids is 1. The summed E-state index contributed by atoms with van der Waals surface area (Å²) in [5.74, 6) is 0.194. The van der Waals surface area contributed by atoms with Crippen molar-refractivity contribution >= 4 is 5.78 Å². The third kappa shape index (κ3) is 2.16. The van der Waals surface area contributed by atoms with Crippen molar-refractivity contribution < 1.29 is 9.53 Å². The van der Waals surface area contributed by atoms with E-state index in [9.17, 15) is 4.79 Å². The standard InChI is InChI=1S/C12H18N2O2/c1-9(2)12(15)11-3-6-13-14(11)10-4-7-16-8-5-10/h3,6,9-10H,4-5,7-8H2,1-2H3. The molecule has 0 aromatic carbocycles. The number of rotatable bonds is 3. The number of hydrogen-bond donors (Lipinski definition) is 0. The molecule has 4 nitrogen and oxygen atoms in total. The molecule has 0 aliphatic carbocycles. The van der Waals surface area contributed by atoms with Gasteiger partial charge in [0.25, 0.3) is 0 Å². The van der Waals surface area contributed by atoms with Crippen molar-refractivity contribution in [1.29, 1.82) is 0 Å². The van der Waals surface area contributed by atoms with Crippen LogP contribution < -0.4 is 0 Å². The first-order chi connectivity index (χ1) is 7.70. The second kappa shape index (κ2) is 4.78. The maximum absolute atomic E-state index is 12.0. The van der Waals surface area contributed by atoms with Crippen molar-refractivity contribution in [3.8, 4) is 0 Å². The van der Waals surface area contributed by atoms with Gasteiger partial charge >= 0.3 is 0 Å². The Morgan fingerprint density at radius 1 is 1.50 bits per heavy atom. The van der Waals surface area contributed by atoms with Crippen molar-refractivity contribution in [2.45, 2.75) is 32.7 Å². The van der Waals surface area contributed by atoms with Crippen LogP contribution in [0.4, 0.5) is 0 Å². The van der Waals surface area contributed by atoms with E-state index >= 15 is 0 Å². The average molecular weight is 222 g/mol. The molecule has 1 saturated heterocycles. The molecule has 0 atom stereocenters. The van der Waals surface area contributed by atoms with E-state index in [2.05, 4.69) is 5.10 Å². The van der Waals surface area contributed by atoms with Crippen LogP contribution in [0, 0.1) is 5.92 Å². The number of ether oxygens (including phenoxy) is 1. The summed E-state index contributed by atoms with van der Waals surface area (Å²) in [5, 5.41) is 4.28. The van der Waals surface area contributed by atoms with Crippen LogP contribution in [0.1, 0.15) is 43.2 Å². The lowest BCUT2D eigenvalue weighted by atomic mass is 10.0. The normalized spacial score (nSPS) is 17.9. The van der Waals surface area contributed by atoms with Gasteiger partial charge in [0.1, 0.15) is 5.69 Å². The summed E-state index contributed by atoms with van der Waals surface area (Å²) in [4.78, 5) is 12.0. The van der Waals surface area contributed by atoms with Gasteiger partial charge in [0.05, 0.1) is 6.04 Å². The molecule has 1 aliphatic rings. The topological polar surface area (TPSA) is 44.1 Å². The van der Waals surface area contributed by atoms with Gasteiger partial charge in [0, 0.05) is 25.3 Å². The molecule has 4 heteroatoms. The highest BCUT2D eigenvalue weighted by atomic mass is 16.5. The lowest BCUT2D eigenvalue weighted by Crippen LogP contribution is -2.24. The largest absolute Gasteiger partial charge is 0.381 e. The number of Topliss-reactive ketones (excluding diaryl/α,β-unsaturated/α-hetero) is 1. The SMILES string of the molecule is CC(C)C(=O)c1ccnn1C1CCOCC1. The molecule has 0 spiro atoms. The summed E-state index contributed by atoms with van der Waals surface area (Å²) >= 11 is 0. The van der Waals surface area contributed by atoms with E-state index in [4.69, 9.17) is 4.74 Å². The maximum atomic E-state index is 12.0. The lowest BCUT2D eigenvalue weighted by molar-refractivity contribution is 0.0641. The smallest absolute Gasteiger partial charge is 0.183 e. The van der Waals surface area contributed by atoms with Crippen LogP contribution in [0.5, 0.6) is 0 Å². The van der Waals surface area contributed by atoms with Gasteiger partial charge in [0.2, 0.25) is 0 Å². The van der Waals surface area contributed by atoms with Crippen LogP contribution in [0.3, 0.4) is 0 Å². The zero-order chi connectivity index (χ0) is 11.5. The van der Waals surface area contributed by atoms with Crippen LogP contribution in [-0.2, 0) is 4.74 Å². The molecular formula is C12H18N2O2. The van der Waals surface area contributed by atoms with Crippen molar-refractivity contribution in [1.82, 2.24) is 9.78 Å². The molecule has 2 rings (SSSR count). The molecule has 0 N–H and O–H groups in total. The molecule has 0 amide bonds. The van der Waals surface area contributed by atoms with Crippen LogP contribution in [0.25, 0.3) is 0 Å². The zero-order valence-corrected chi connectivity index (χ0v) is 9.85. The highest BCUT2D eigenvalue weighted by molar-refractivity contribution is 5.95. The average Bonchev–Trinajstić information content (AvgIpc) is 2.77. The Labute approximate surface area is 95.6 Å². The van der Waals surface area contributed by atoms with Gasteiger partial charge in [-0.25, -0.2) is 0 Å². The predicted octanol–water partition coefficient (Wildman–Crippen LogP) is 2.07. The predicted molar refractivity (Wildman–Crippen MR) is 60.5 cm³/mol. The molecular weight excluding hydrogens is 204 g/mol. The van der Waals surface area contributed by atoms with Gasteiger partial charge in [-0.2, -0.15) is 5.10 Å². The van der Waals surface area contributed by atoms with Crippen molar-refractivity contribution in [3.63, 3.8) is 0 Å². The van der Waals surface area contributed by atoms with Crippen molar-refractivity contribution in [2.75, 3.05) is 13.2 Å². The van der Waals surface area contributed by atoms with E-state index < -0.39 is 0 Å². The molecule has 0 saturated carbocycles. The first kappa shape index (κ1) is 11.3. The Kier molecular flexibility index (Phi) is 3.39. The Hall–Kier alpha value is -1.16. The Balaban J connectivity index is 2.21. The summed E-state index contributed by atoms with van der Waals surface area (Å²) in [6, 6.07) is 2.14. The third-order valence-corrected chi connectivity index (χ3v) is 2.98. The summed E-state index contributed by atoms with van der Waals surface area (Å²) < 4.78 is 7.20. The first-order valence-electron chi connectivity index (χ1n) is 5.85. The molecule has 1 aliphatic heterocycles. The van der Waals surface area contributed by atoms with Crippen molar-refractivity contribution in [3.05, 3.63) is 18.0 Å². The fourth-order valence-electron chi connectivity index (χ4n) is 2.03. The molecule has 0 bridgehead atoms. The summed E-state index contributed by atoms with van der Waals surface area (Å²) in [6.07, 6.45) is 3.60. The Morgan fingerprint density at radius 3 is 2.81 bits per heavy atom. The number of ketones is 1. The molecule has 0 unspecified atom stereocenters. The van der Waals surface area contributed by atoms with Crippen LogP contribution >= 0.6 is 0 Å². The quantitative estimate of drug-likeness (QED) is 0.735. The number of nitrogens with zero attached hydrogens (tertiary/aromatic N) is 2. The van der Waals surface area contributed by atoms with E-state index in [-0.39, 0.29) is 11.7 Å². The van der Waals surface area contributed by atoms with E-state index in [1.54, 1.807) is 6.20 Å². The van der Waals surface area contributed by atoms with Gasteiger partial charge in [0.15, 0.2) is 5.78 Å². The minimum absolute atomic E-state index is 0.0234. The zero-order valence-electron chi connectivity index (χ0n) is 9.85. The molecule has 16 heavy (non-hydrogen) atoms. The minimum atomic E-state index is 0.0234. The van der Waals surface area contributed by atoms with E-state index in [1.165, 1.54) is 0 Å². The molecule has 1 aromatic rings. The molecule has 1 aromatic heterocycles. The first-order valence-corrected chi connectivity index (χ1v) is 5.85. The minimum Gasteiger partial charge on any atom is -0.381 e. The van der Waals surface area contributed by atoms with Crippen LogP contribution in [-0.4, -0.2) is 28.8 Å². The highest BCUT2D eigenvalue weighted by Gasteiger charge is 2.22. The Bertz CT molecular complexity index is 365. The van der Waals surface area contributed by atoms with Crippen molar-refractivity contribution in [2.24, 2.45) is 5.92 Å². The monoisotopic (exact) mass is 222 g/mol. The fourth-order valence-corrected chi connectivity index (χ4v) is 2.03. The highest BCUT2D eigenvalue weighted by Crippen LogP contribution is 2.22. The van der Waals surface area contributed by atoms with Crippen LogP contribution in [0.15, 0.2) is 12.3 Å². The fraction of sp³-hybridized carbons (Fsp3) is 0.667. The van der Waals surface area contributed by atoms with Gasteiger partial charge in [-0.1, -0.05) is 13.8 Å². The van der Waals surface area contributed by atoms with Gasteiger partial charge in [-0.15, -0.1) is 0 Å². The molecule has 88 valence electrons. The third-order valence-electron chi connectivity index (χ3n) is 2.98. The molecule has 1 fully saturated rings. The summed E-state index contributed by atoms with van der Waals surface area (Å²) in [7, 11) is 0. The number of carbonyl (C=O) groups is 1. The summed E-state index contributed by atoms with van der Waals surface area (Å²) in [6.45, 7) is 5.37. The molecule has 0 radical (unpaired) electrons. The maximum Gasteiger partial charge on any atom is 0.183 e. The van der Waals surface area contributed by atoms with E-state index in [0.717, 1.165) is 31.7 Å². The van der Waals surface area contributed by atoms with E-state index in [0.29, 0.717) is 6.04 Å². The number of hydrogen-bond acceptors (Lipinski definition) is 3. The second-order valence-corrected chi connectivity index (χ2v) is 4.52. The van der Waals surface area contributed by atoms with Gasteiger partial charge < -0.3 is 4.74 Å². The lowest BCUT2D eigenvalue weighted by Gasteiger charge is -2.24. The summed E-state index contributed by atoms with van der Waals surface area (Å²) in [5.41, 5.74) is 0.738. The van der Waals surface area contributed by atoms with Crippen LogP contribution in [0.2, 0.25) is 0 Å². The Morgan fingerprint density at radius 2 is 2.19 bits per heavy atom. The van der Waals surface area contributed by atoms with E-state index in [1.807, 2.05) is 24.6 Å². The van der Waals surface area contributed by atoms with Gasteiger partial charge in [-0.3, -0.25) is 9.48 Å². The van der Waals surface area contributed by atoms with Gasteiger partial charge in [-0.05, 0) is 18.9 Å². The number of aromatic nitrogens is 2. The second-order valence-electron chi connectivity index (χ2n) is 4.52. The molecule has 2 heterocycles.